The van der Waals surface area contributed by atoms with E-state index in [4.69, 9.17) is 9.47 Å². The summed E-state index contributed by atoms with van der Waals surface area (Å²) in [7, 11) is 7.20. The highest BCUT2D eigenvalue weighted by atomic mass is 127. The number of likely N-dealkylation sites (N-methyl/N-ethyl adjacent to an activating group) is 1. The molecule has 0 radical (unpaired) electrons. The van der Waals surface area contributed by atoms with E-state index in [0.717, 1.165) is 24.2 Å². The molecule has 8 nitrogen and oxygen atoms in total. The van der Waals surface area contributed by atoms with E-state index in [1.165, 1.54) is 0 Å². The Bertz CT molecular complexity index is 905. The lowest BCUT2D eigenvalue weighted by Gasteiger charge is -2.13. The van der Waals surface area contributed by atoms with Gasteiger partial charge in [-0.15, -0.1) is 24.0 Å². The van der Waals surface area contributed by atoms with E-state index in [-0.39, 0.29) is 29.9 Å². The Kier molecular flexibility index (Phi) is 13.2. The molecule has 0 aromatic heterocycles. The van der Waals surface area contributed by atoms with E-state index in [2.05, 4.69) is 20.9 Å². The highest BCUT2D eigenvalue weighted by Gasteiger charge is 2.07. The third-order valence-corrected chi connectivity index (χ3v) is 4.71. The zero-order valence-electron chi connectivity index (χ0n) is 20.1. The van der Waals surface area contributed by atoms with Crippen molar-refractivity contribution < 1.29 is 14.3 Å². The van der Waals surface area contributed by atoms with Gasteiger partial charge in [-0.25, -0.2) is 4.99 Å². The largest absolute Gasteiger partial charge is 0.493 e. The quantitative estimate of drug-likeness (QED) is 0.219. The first kappa shape index (κ1) is 28.5. The molecule has 0 fully saturated rings. The zero-order chi connectivity index (χ0) is 23.3. The number of hydrogen-bond donors (Lipinski definition) is 3. The lowest BCUT2D eigenvalue weighted by molar-refractivity contribution is 0.0951. The fourth-order valence-electron chi connectivity index (χ4n) is 2.99. The van der Waals surface area contributed by atoms with Gasteiger partial charge in [-0.1, -0.05) is 18.2 Å². The average molecular weight is 569 g/mol. The fourth-order valence-corrected chi connectivity index (χ4v) is 2.99. The monoisotopic (exact) mass is 569 g/mol. The molecule has 2 rings (SSSR count). The summed E-state index contributed by atoms with van der Waals surface area (Å²) in [5.74, 6) is 2.01. The summed E-state index contributed by atoms with van der Waals surface area (Å²) in [5, 5.41) is 9.52. The Balaban J connectivity index is 0.00000544. The number of amides is 1. The Hall–Kier alpha value is -2.53. The van der Waals surface area contributed by atoms with Gasteiger partial charge < -0.3 is 30.3 Å². The van der Waals surface area contributed by atoms with Gasteiger partial charge in [0, 0.05) is 31.7 Å². The summed E-state index contributed by atoms with van der Waals surface area (Å²) in [6.07, 6.45) is 0. The molecule has 1 amide bonds. The van der Waals surface area contributed by atoms with Gasteiger partial charge in [0.1, 0.15) is 0 Å². The van der Waals surface area contributed by atoms with Gasteiger partial charge in [0.2, 0.25) is 0 Å². The third kappa shape index (κ3) is 9.87. The molecular formula is C24H36IN5O3. The zero-order valence-corrected chi connectivity index (χ0v) is 22.4. The SMILES string of the molecule is CCNC(=NCc1cccc(C(=O)NCCN(C)C)c1)NCc1ccc(OC)c(OC)c1.I. The Morgan fingerprint density at radius 1 is 0.970 bits per heavy atom. The second-order valence-electron chi connectivity index (χ2n) is 7.50. The van der Waals surface area contributed by atoms with Crippen LogP contribution in [0.2, 0.25) is 0 Å². The van der Waals surface area contributed by atoms with Crippen LogP contribution in [0.1, 0.15) is 28.4 Å². The normalized spacial score (nSPS) is 10.9. The van der Waals surface area contributed by atoms with Crippen LogP contribution in [-0.2, 0) is 13.1 Å². The standard InChI is InChI=1S/C24H35N5O3.HI/c1-6-25-24(28-17-19-10-11-21(31-4)22(15-19)32-5)27-16-18-8-7-9-20(14-18)23(30)26-12-13-29(2)3;/h7-11,14-15H,6,12-13,16-17H2,1-5H3,(H,26,30)(H2,25,27,28);1H. The van der Waals surface area contributed by atoms with Crippen LogP contribution in [0, 0.1) is 0 Å². The number of nitrogens with zero attached hydrogens (tertiary/aromatic N) is 2. The van der Waals surface area contributed by atoms with Crippen LogP contribution in [0.25, 0.3) is 0 Å². The van der Waals surface area contributed by atoms with Crippen molar-refractivity contribution >= 4 is 35.8 Å². The highest BCUT2D eigenvalue weighted by molar-refractivity contribution is 14.0. The van der Waals surface area contributed by atoms with Crippen LogP contribution in [0.5, 0.6) is 11.5 Å². The Morgan fingerprint density at radius 3 is 2.39 bits per heavy atom. The molecule has 2 aromatic rings. The van der Waals surface area contributed by atoms with Gasteiger partial charge in [0.15, 0.2) is 17.5 Å². The van der Waals surface area contributed by atoms with Gasteiger partial charge >= 0.3 is 0 Å². The second kappa shape index (κ2) is 15.3. The Labute approximate surface area is 214 Å². The predicted octanol–water partition coefficient (Wildman–Crippen LogP) is 2.87. The Morgan fingerprint density at radius 2 is 1.73 bits per heavy atom. The summed E-state index contributed by atoms with van der Waals surface area (Å²) < 4.78 is 10.7. The summed E-state index contributed by atoms with van der Waals surface area (Å²) in [5.41, 5.74) is 2.65. The van der Waals surface area contributed by atoms with E-state index < -0.39 is 0 Å². The average Bonchev–Trinajstić information content (AvgIpc) is 2.80. The van der Waals surface area contributed by atoms with Crippen molar-refractivity contribution in [1.82, 2.24) is 20.9 Å². The topological polar surface area (TPSA) is 87.2 Å². The van der Waals surface area contributed by atoms with E-state index in [1.807, 2.05) is 68.4 Å². The van der Waals surface area contributed by atoms with Gasteiger partial charge in [-0.05, 0) is 56.4 Å². The molecule has 0 saturated heterocycles. The minimum Gasteiger partial charge on any atom is -0.493 e. The van der Waals surface area contributed by atoms with E-state index in [9.17, 15) is 4.79 Å². The number of benzene rings is 2. The van der Waals surface area contributed by atoms with E-state index in [1.54, 1.807) is 14.2 Å². The van der Waals surface area contributed by atoms with Crippen LogP contribution >= 0.6 is 24.0 Å². The van der Waals surface area contributed by atoms with Crippen molar-refractivity contribution in [3.8, 4) is 11.5 Å². The molecule has 0 heterocycles. The lowest BCUT2D eigenvalue weighted by atomic mass is 10.1. The molecule has 0 aliphatic carbocycles. The number of hydrogen-bond acceptors (Lipinski definition) is 5. The number of guanidine groups is 1. The van der Waals surface area contributed by atoms with Crippen molar-refractivity contribution in [2.24, 2.45) is 4.99 Å². The molecule has 0 bridgehead atoms. The van der Waals surface area contributed by atoms with Gasteiger partial charge in [0.25, 0.3) is 5.91 Å². The maximum absolute atomic E-state index is 12.4. The maximum atomic E-state index is 12.4. The lowest BCUT2D eigenvalue weighted by Crippen LogP contribution is -2.36. The van der Waals surface area contributed by atoms with Gasteiger partial charge in [-0.3, -0.25) is 4.79 Å². The number of aliphatic imine (C=N–C) groups is 1. The highest BCUT2D eigenvalue weighted by Crippen LogP contribution is 2.27. The second-order valence-corrected chi connectivity index (χ2v) is 7.50. The minimum atomic E-state index is -0.0730. The number of nitrogens with one attached hydrogen (secondary N) is 3. The smallest absolute Gasteiger partial charge is 0.251 e. The summed E-state index contributed by atoms with van der Waals surface area (Å²) >= 11 is 0. The van der Waals surface area contributed by atoms with Crippen LogP contribution in [-0.4, -0.2) is 64.7 Å². The molecule has 0 spiro atoms. The summed E-state index contributed by atoms with van der Waals surface area (Å²) in [4.78, 5) is 19.1. The first-order valence-corrected chi connectivity index (χ1v) is 10.7. The minimum absolute atomic E-state index is 0. The molecule has 2 aromatic carbocycles. The van der Waals surface area contributed by atoms with Crippen molar-refractivity contribution in [2.75, 3.05) is 47.9 Å². The third-order valence-electron chi connectivity index (χ3n) is 4.71. The number of ether oxygens (including phenoxy) is 2. The fraction of sp³-hybridized carbons (Fsp3) is 0.417. The summed E-state index contributed by atoms with van der Waals surface area (Å²) in [6.45, 7) is 5.21. The molecule has 9 heteroatoms. The maximum Gasteiger partial charge on any atom is 0.251 e. The first-order chi connectivity index (χ1) is 15.5. The van der Waals surface area contributed by atoms with Crippen LogP contribution < -0.4 is 25.4 Å². The molecule has 3 N–H and O–H groups in total. The number of carbonyl (C=O) groups is 1. The van der Waals surface area contributed by atoms with E-state index >= 15 is 0 Å². The number of methoxy groups -OCH3 is 2. The predicted molar refractivity (Wildman–Crippen MR) is 144 cm³/mol. The van der Waals surface area contributed by atoms with Gasteiger partial charge in [-0.2, -0.15) is 0 Å². The number of halogens is 1. The van der Waals surface area contributed by atoms with Crippen LogP contribution in [0.4, 0.5) is 0 Å². The first-order valence-electron chi connectivity index (χ1n) is 10.7. The van der Waals surface area contributed by atoms with Crippen molar-refractivity contribution in [1.29, 1.82) is 0 Å². The molecular weight excluding hydrogens is 533 g/mol. The van der Waals surface area contributed by atoms with Crippen molar-refractivity contribution in [2.45, 2.75) is 20.0 Å². The van der Waals surface area contributed by atoms with Crippen LogP contribution in [0.15, 0.2) is 47.5 Å². The molecule has 0 saturated carbocycles. The molecule has 0 atom stereocenters. The molecule has 33 heavy (non-hydrogen) atoms. The van der Waals surface area contributed by atoms with E-state index in [0.29, 0.717) is 42.7 Å². The number of rotatable bonds is 11. The number of carbonyl (C=O) groups excluding carboxylic acids is 1. The van der Waals surface area contributed by atoms with Crippen LogP contribution in [0.3, 0.4) is 0 Å². The molecule has 0 unspecified atom stereocenters. The van der Waals surface area contributed by atoms with Crippen molar-refractivity contribution in [3.63, 3.8) is 0 Å². The van der Waals surface area contributed by atoms with Crippen molar-refractivity contribution in [3.05, 3.63) is 59.2 Å². The summed E-state index contributed by atoms with van der Waals surface area (Å²) in [6, 6.07) is 13.4. The molecule has 0 aliphatic heterocycles. The van der Waals surface area contributed by atoms with Gasteiger partial charge in [0.05, 0.1) is 20.8 Å². The molecule has 0 aliphatic rings. The molecule has 182 valence electrons.